The quantitative estimate of drug-likeness (QED) is 0.690. The molecule has 0 saturated heterocycles. The molecule has 1 aliphatic heterocycles. The molecule has 1 amide bonds. The van der Waals surface area contributed by atoms with Crippen LogP contribution >= 0.6 is 0 Å². The standard InChI is InChI=1S/C17H13FN2O2/c1-10-2-5-15-13(19-10)9-16(22-15)17(21)20-7-6-11-3-4-12(18)8-14(11)20/h2-5,8-9H,6-7H2,1H3. The number of halogens is 1. The number of nitrogens with zero attached hydrogens (tertiary/aromatic N) is 2. The lowest BCUT2D eigenvalue weighted by Crippen LogP contribution is -2.28. The second-order valence-electron chi connectivity index (χ2n) is 5.43. The molecule has 0 atom stereocenters. The minimum atomic E-state index is -0.347. The third-order valence-electron chi connectivity index (χ3n) is 3.91. The predicted octanol–water partition coefficient (Wildman–Crippen LogP) is 3.48. The van der Waals surface area contributed by atoms with Gasteiger partial charge in [0.2, 0.25) is 0 Å². The SMILES string of the molecule is Cc1ccc2oc(C(=O)N3CCc4ccc(F)cc43)cc2n1. The summed E-state index contributed by atoms with van der Waals surface area (Å²) in [5.41, 5.74) is 3.69. The van der Waals surface area contributed by atoms with Crippen LogP contribution in [-0.4, -0.2) is 17.4 Å². The van der Waals surface area contributed by atoms with Crippen molar-refractivity contribution in [1.29, 1.82) is 0 Å². The molecule has 0 fully saturated rings. The summed E-state index contributed by atoms with van der Waals surface area (Å²) in [5.74, 6) is -0.384. The molecule has 0 unspecified atom stereocenters. The van der Waals surface area contributed by atoms with Crippen LogP contribution in [0, 0.1) is 12.7 Å². The van der Waals surface area contributed by atoms with Gasteiger partial charge in [0.25, 0.3) is 5.91 Å². The molecule has 0 bridgehead atoms. The average molecular weight is 296 g/mol. The summed E-state index contributed by atoms with van der Waals surface area (Å²) in [6.07, 6.45) is 0.721. The number of aryl methyl sites for hydroxylation is 1. The molecule has 1 aliphatic rings. The molecule has 3 heterocycles. The molecule has 1 aromatic carbocycles. The fourth-order valence-corrected chi connectivity index (χ4v) is 2.83. The second kappa shape index (κ2) is 4.66. The maximum Gasteiger partial charge on any atom is 0.294 e. The molecule has 2 aromatic heterocycles. The van der Waals surface area contributed by atoms with E-state index in [0.29, 0.717) is 23.3 Å². The molecule has 0 saturated carbocycles. The Hall–Kier alpha value is -2.69. The summed E-state index contributed by atoms with van der Waals surface area (Å²) in [7, 11) is 0. The first kappa shape index (κ1) is 13.0. The monoisotopic (exact) mass is 296 g/mol. The van der Waals surface area contributed by atoms with E-state index in [1.54, 1.807) is 23.1 Å². The van der Waals surface area contributed by atoms with Crippen LogP contribution in [0.3, 0.4) is 0 Å². The number of anilines is 1. The Morgan fingerprint density at radius 1 is 1.27 bits per heavy atom. The van der Waals surface area contributed by atoms with Crippen LogP contribution in [0.1, 0.15) is 21.8 Å². The van der Waals surface area contributed by atoms with Crippen molar-refractivity contribution >= 4 is 22.7 Å². The first-order chi connectivity index (χ1) is 10.6. The minimum absolute atomic E-state index is 0.227. The Labute approximate surface area is 126 Å². The Morgan fingerprint density at radius 3 is 3.00 bits per heavy atom. The van der Waals surface area contributed by atoms with Gasteiger partial charge in [-0.25, -0.2) is 9.37 Å². The van der Waals surface area contributed by atoms with E-state index < -0.39 is 0 Å². The van der Waals surface area contributed by atoms with Gasteiger partial charge in [-0.3, -0.25) is 4.79 Å². The van der Waals surface area contributed by atoms with Crippen molar-refractivity contribution in [3.05, 3.63) is 59.2 Å². The smallest absolute Gasteiger partial charge is 0.294 e. The van der Waals surface area contributed by atoms with Crippen LogP contribution in [0.4, 0.5) is 10.1 Å². The highest BCUT2D eigenvalue weighted by molar-refractivity contribution is 6.07. The fourth-order valence-electron chi connectivity index (χ4n) is 2.83. The lowest BCUT2D eigenvalue weighted by molar-refractivity contribution is 0.0965. The van der Waals surface area contributed by atoms with Crippen molar-refractivity contribution in [2.45, 2.75) is 13.3 Å². The Balaban J connectivity index is 1.74. The van der Waals surface area contributed by atoms with E-state index in [2.05, 4.69) is 4.98 Å². The molecule has 0 spiro atoms. The number of pyridine rings is 1. The first-order valence-electron chi connectivity index (χ1n) is 7.09. The minimum Gasteiger partial charge on any atom is -0.449 e. The number of amides is 1. The van der Waals surface area contributed by atoms with Crippen LogP contribution < -0.4 is 4.90 Å². The average Bonchev–Trinajstić information content (AvgIpc) is 3.09. The van der Waals surface area contributed by atoms with Crippen LogP contribution in [0.5, 0.6) is 0 Å². The summed E-state index contributed by atoms with van der Waals surface area (Å²) >= 11 is 0. The number of aromatic nitrogens is 1. The molecule has 5 heteroatoms. The van der Waals surface area contributed by atoms with Crippen molar-refractivity contribution in [1.82, 2.24) is 4.98 Å². The summed E-state index contributed by atoms with van der Waals surface area (Å²) in [6, 6.07) is 9.81. The lowest BCUT2D eigenvalue weighted by atomic mass is 10.2. The van der Waals surface area contributed by atoms with E-state index >= 15 is 0 Å². The van der Waals surface area contributed by atoms with Crippen LogP contribution in [0.25, 0.3) is 11.1 Å². The number of carbonyl (C=O) groups is 1. The van der Waals surface area contributed by atoms with Gasteiger partial charge in [-0.2, -0.15) is 0 Å². The lowest BCUT2D eigenvalue weighted by Gasteiger charge is -2.15. The number of carbonyl (C=O) groups excluding carboxylic acids is 1. The van der Waals surface area contributed by atoms with Crippen molar-refractivity contribution in [2.75, 3.05) is 11.4 Å². The van der Waals surface area contributed by atoms with Gasteiger partial charge in [0.1, 0.15) is 11.3 Å². The molecule has 4 nitrogen and oxygen atoms in total. The van der Waals surface area contributed by atoms with Crippen molar-refractivity contribution in [3.8, 4) is 0 Å². The second-order valence-corrected chi connectivity index (χ2v) is 5.43. The highest BCUT2D eigenvalue weighted by atomic mass is 19.1. The zero-order chi connectivity index (χ0) is 15.3. The zero-order valence-electron chi connectivity index (χ0n) is 12.0. The van der Waals surface area contributed by atoms with Gasteiger partial charge in [0.15, 0.2) is 11.3 Å². The van der Waals surface area contributed by atoms with Crippen molar-refractivity contribution in [2.24, 2.45) is 0 Å². The summed E-state index contributed by atoms with van der Waals surface area (Å²) in [5, 5.41) is 0. The van der Waals surface area contributed by atoms with E-state index in [-0.39, 0.29) is 17.5 Å². The number of hydrogen-bond acceptors (Lipinski definition) is 3. The van der Waals surface area contributed by atoms with Crippen LogP contribution in [0.15, 0.2) is 40.8 Å². The molecule has 22 heavy (non-hydrogen) atoms. The summed E-state index contributed by atoms with van der Waals surface area (Å²) < 4.78 is 19.0. The molecular weight excluding hydrogens is 283 g/mol. The summed E-state index contributed by atoms with van der Waals surface area (Å²) in [6.45, 7) is 2.41. The fraction of sp³-hybridized carbons (Fsp3) is 0.176. The molecular formula is C17H13FN2O2. The third kappa shape index (κ3) is 1.97. The molecule has 3 aromatic rings. The maximum absolute atomic E-state index is 13.4. The number of rotatable bonds is 1. The number of hydrogen-bond donors (Lipinski definition) is 0. The molecule has 4 rings (SSSR count). The highest BCUT2D eigenvalue weighted by Gasteiger charge is 2.28. The predicted molar refractivity (Wildman–Crippen MR) is 80.5 cm³/mol. The van der Waals surface area contributed by atoms with Gasteiger partial charge in [-0.15, -0.1) is 0 Å². The summed E-state index contributed by atoms with van der Waals surface area (Å²) in [4.78, 5) is 18.6. The van der Waals surface area contributed by atoms with Gasteiger partial charge < -0.3 is 9.32 Å². The van der Waals surface area contributed by atoms with E-state index in [0.717, 1.165) is 17.7 Å². The van der Waals surface area contributed by atoms with E-state index in [9.17, 15) is 9.18 Å². The largest absolute Gasteiger partial charge is 0.449 e. The zero-order valence-corrected chi connectivity index (χ0v) is 12.0. The van der Waals surface area contributed by atoms with Gasteiger partial charge >= 0.3 is 0 Å². The van der Waals surface area contributed by atoms with E-state index in [4.69, 9.17) is 4.42 Å². The Bertz CT molecular complexity index is 901. The number of furan rings is 1. The number of benzene rings is 1. The van der Waals surface area contributed by atoms with Crippen molar-refractivity contribution < 1.29 is 13.6 Å². The topological polar surface area (TPSA) is 46.3 Å². The maximum atomic E-state index is 13.4. The molecule has 0 N–H and O–H groups in total. The van der Waals surface area contributed by atoms with E-state index in [1.807, 2.05) is 13.0 Å². The van der Waals surface area contributed by atoms with Crippen molar-refractivity contribution in [3.63, 3.8) is 0 Å². The van der Waals surface area contributed by atoms with Gasteiger partial charge in [-0.05, 0) is 43.2 Å². The third-order valence-corrected chi connectivity index (χ3v) is 3.91. The highest BCUT2D eigenvalue weighted by Crippen LogP contribution is 2.31. The van der Waals surface area contributed by atoms with E-state index in [1.165, 1.54) is 12.1 Å². The Morgan fingerprint density at radius 2 is 2.14 bits per heavy atom. The van der Waals surface area contributed by atoms with Crippen LogP contribution in [-0.2, 0) is 6.42 Å². The molecule has 0 radical (unpaired) electrons. The molecule has 0 aliphatic carbocycles. The molecule has 110 valence electrons. The number of fused-ring (bicyclic) bond motifs is 2. The first-order valence-corrected chi connectivity index (χ1v) is 7.09. The normalized spacial score (nSPS) is 13.6. The Kier molecular flexibility index (Phi) is 2.76. The van der Waals surface area contributed by atoms with Gasteiger partial charge in [0, 0.05) is 18.3 Å². The van der Waals surface area contributed by atoms with Gasteiger partial charge in [-0.1, -0.05) is 6.07 Å². The van der Waals surface area contributed by atoms with Crippen LogP contribution in [0.2, 0.25) is 0 Å². The van der Waals surface area contributed by atoms with Gasteiger partial charge in [0.05, 0.1) is 5.69 Å².